The predicted octanol–water partition coefficient (Wildman–Crippen LogP) is 4.05. The second kappa shape index (κ2) is 10.0. The summed E-state index contributed by atoms with van der Waals surface area (Å²) in [7, 11) is 0. The number of benzene rings is 3. The van der Waals surface area contributed by atoms with Crippen molar-refractivity contribution in [2.24, 2.45) is 0 Å². The van der Waals surface area contributed by atoms with Crippen LogP contribution in [0.25, 0.3) is 39.4 Å². The topological polar surface area (TPSA) is 135 Å². The minimum absolute atomic E-state index is 0.0671. The maximum atomic E-state index is 13.3. The number of fused-ring (bicyclic) bond motifs is 1. The first kappa shape index (κ1) is 24.8. The number of para-hydroxylation sites is 2. The van der Waals surface area contributed by atoms with Crippen molar-refractivity contribution in [3.63, 3.8) is 0 Å². The van der Waals surface area contributed by atoms with E-state index in [0.29, 0.717) is 37.6 Å². The zero-order valence-electron chi connectivity index (χ0n) is 20.8. The number of thiazole rings is 1. The van der Waals surface area contributed by atoms with E-state index in [-0.39, 0.29) is 17.1 Å². The van der Waals surface area contributed by atoms with Crippen molar-refractivity contribution < 1.29 is 14.5 Å². The van der Waals surface area contributed by atoms with Gasteiger partial charge in [-0.2, -0.15) is 14.6 Å². The zero-order valence-corrected chi connectivity index (χ0v) is 21.6. The summed E-state index contributed by atoms with van der Waals surface area (Å²) < 4.78 is 8.48. The fraction of sp³-hybridized carbons (Fsp3) is 0.0357. The molecule has 0 bridgehead atoms. The molecule has 11 nitrogen and oxygen atoms in total. The van der Waals surface area contributed by atoms with Gasteiger partial charge in [0.2, 0.25) is 4.96 Å². The van der Waals surface area contributed by atoms with E-state index >= 15 is 0 Å². The maximum absolute atomic E-state index is 13.3. The summed E-state index contributed by atoms with van der Waals surface area (Å²) >= 11 is 1.14. The van der Waals surface area contributed by atoms with Gasteiger partial charge in [0.1, 0.15) is 11.4 Å². The summed E-state index contributed by atoms with van der Waals surface area (Å²) in [5, 5.41) is 20.5. The average Bonchev–Trinajstić information content (AvgIpc) is 3.64. The highest BCUT2D eigenvalue weighted by Crippen LogP contribution is 2.29. The van der Waals surface area contributed by atoms with Gasteiger partial charge in [-0.25, -0.2) is 4.68 Å². The lowest BCUT2D eigenvalue weighted by Gasteiger charge is -2.04. The summed E-state index contributed by atoms with van der Waals surface area (Å²) in [6, 6.07) is 22.4. The molecular weight excluding hydrogens is 532 g/mol. The molecule has 3 aromatic heterocycles. The lowest BCUT2D eigenvalue weighted by Crippen LogP contribution is -2.23. The Morgan fingerprint density at radius 2 is 1.80 bits per heavy atom. The first-order chi connectivity index (χ1) is 19.4. The molecule has 6 aromatic rings. The van der Waals surface area contributed by atoms with Crippen molar-refractivity contribution in [1.29, 1.82) is 0 Å². The predicted molar refractivity (Wildman–Crippen MR) is 148 cm³/mol. The van der Waals surface area contributed by atoms with Gasteiger partial charge in [-0.3, -0.25) is 19.7 Å². The van der Waals surface area contributed by atoms with E-state index in [1.165, 1.54) is 23.6 Å². The molecule has 0 radical (unpaired) electrons. The summed E-state index contributed by atoms with van der Waals surface area (Å²) in [4.78, 5) is 40.6. The quantitative estimate of drug-likeness (QED) is 0.131. The molecule has 0 saturated heterocycles. The van der Waals surface area contributed by atoms with Crippen molar-refractivity contribution in [2.75, 3.05) is 0 Å². The van der Waals surface area contributed by atoms with Crippen LogP contribution in [0.1, 0.15) is 12.5 Å². The van der Waals surface area contributed by atoms with E-state index in [2.05, 4.69) is 10.1 Å². The van der Waals surface area contributed by atoms with Crippen molar-refractivity contribution in [3.05, 3.63) is 116 Å². The van der Waals surface area contributed by atoms with Gasteiger partial charge >= 0.3 is 5.97 Å². The Bertz CT molecular complexity index is 2030. The summed E-state index contributed by atoms with van der Waals surface area (Å²) in [5.41, 5.74) is 2.41. The highest BCUT2D eigenvalue weighted by molar-refractivity contribution is 7.15. The van der Waals surface area contributed by atoms with Gasteiger partial charge in [0.05, 0.1) is 20.7 Å². The molecule has 40 heavy (non-hydrogen) atoms. The van der Waals surface area contributed by atoms with Crippen LogP contribution in [0.3, 0.4) is 0 Å². The van der Waals surface area contributed by atoms with Gasteiger partial charge < -0.3 is 4.74 Å². The SMILES string of the molecule is CC(=O)Oc1ccccc1-c1nc2sc(=Cc3cn(-c4ccccc4)nc3-c3cccc([N+](=O)[O-])c3)c(=O)n2n1. The molecule has 6 rings (SSSR count). The van der Waals surface area contributed by atoms with Gasteiger partial charge in [0.15, 0.2) is 5.82 Å². The molecule has 3 heterocycles. The Balaban J connectivity index is 1.48. The van der Waals surface area contributed by atoms with Crippen molar-refractivity contribution in [2.45, 2.75) is 6.92 Å². The molecule has 0 unspecified atom stereocenters. The Labute approximate surface area is 229 Å². The second-order valence-corrected chi connectivity index (χ2v) is 9.67. The smallest absolute Gasteiger partial charge is 0.308 e. The summed E-state index contributed by atoms with van der Waals surface area (Å²) in [6.45, 7) is 1.30. The number of hydrogen-bond donors (Lipinski definition) is 0. The number of carbonyl (C=O) groups excluding carboxylic acids is 1. The van der Waals surface area contributed by atoms with Gasteiger partial charge in [0.25, 0.3) is 11.2 Å². The van der Waals surface area contributed by atoms with Crippen LogP contribution in [-0.2, 0) is 4.79 Å². The maximum Gasteiger partial charge on any atom is 0.308 e. The average molecular weight is 551 g/mol. The molecule has 0 saturated carbocycles. The molecular formula is C28H18N6O5S. The number of nitrogens with zero attached hydrogens (tertiary/aromatic N) is 6. The van der Waals surface area contributed by atoms with Crippen LogP contribution in [0.2, 0.25) is 0 Å². The molecule has 0 amide bonds. The van der Waals surface area contributed by atoms with Crippen LogP contribution >= 0.6 is 11.3 Å². The van der Waals surface area contributed by atoms with Crippen molar-refractivity contribution >= 4 is 34.0 Å². The van der Waals surface area contributed by atoms with Crippen molar-refractivity contribution in [1.82, 2.24) is 24.4 Å². The number of rotatable bonds is 6. The third-order valence-corrected chi connectivity index (χ3v) is 6.90. The number of aromatic nitrogens is 5. The first-order valence-electron chi connectivity index (χ1n) is 12.0. The lowest BCUT2D eigenvalue weighted by molar-refractivity contribution is -0.384. The van der Waals surface area contributed by atoms with Gasteiger partial charge in [-0.15, -0.1) is 5.10 Å². The number of carbonyl (C=O) groups is 1. The van der Waals surface area contributed by atoms with Gasteiger partial charge in [0, 0.05) is 36.4 Å². The molecule has 3 aromatic carbocycles. The Morgan fingerprint density at radius 1 is 1.02 bits per heavy atom. The van der Waals surface area contributed by atoms with E-state index in [0.717, 1.165) is 17.0 Å². The number of nitro groups is 1. The van der Waals surface area contributed by atoms with E-state index in [4.69, 9.17) is 9.84 Å². The number of esters is 1. The highest BCUT2D eigenvalue weighted by atomic mass is 32.1. The number of nitro benzene ring substituents is 1. The Morgan fingerprint density at radius 3 is 2.55 bits per heavy atom. The molecule has 0 aliphatic heterocycles. The minimum Gasteiger partial charge on any atom is -0.426 e. The highest BCUT2D eigenvalue weighted by Gasteiger charge is 2.18. The Kier molecular flexibility index (Phi) is 6.21. The molecule has 0 aliphatic rings. The minimum atomic E-state index is -0.481. The molecule has 0 fully saturated rings. The third-order valence-electron chi connectivity index (χ3n) is 5.94. The fourth-order valence-corrected chi connectivity index (χ4v) is 5.08. The molecule has 0 atom stereocenters. The molecule has 0 spiro atoms. The van der Waals surface area contributed by atoms with Gasteiger partial charge in [-0.1, -0.05) is 53.8 Å². The largest absolute Gasteiger partial charge is 0.426 e. The molecule has 12 heteroatoms. The molecule has 0 N–H and O–H groups in total. The second-order valence-electron chi connectivity index (χ2n) is 8.66. The van der Waals surface area contributed by atoms with Crippen LogP contribution in [0.5, 0.6) is 5.75 Å². The first-order valence-corrected chi connectivity index (χ1v) is 12.8. The number of hydrogen-bond acceptors (Lipinski definition) is 9. The number of ether oxygens (including phenoxy) is 1. The monoisotopic (exact) mass is 550 g/mol. The van der Waals surface area contributed by atoms with E-state index in [1.54, 1.807) is 53.4 Å². The summed E-state index contributed by atoms with van der Waals surface area (Å²) in [6.07, 6.45) is 3.44. The fourth-order valence-electron chi connectivity index (χ4n) is 4.18. The van der Waals surface area contributed by atoms with E-state index in [1.807, 2.05) is 30.3 Å². The Hall–Kier alpha value is -5.49. The zero-order chi connectivity index (χ0) is 27.8. The lowest BCUT2D eigenvalue weighted by atomic mass is 10.1. The molecule has 196 valence electrons. The third kappa shape index (κ3) is 4.63. The van der Waals surface area contributed by atoms with E-state index < -0.39 is 10.9 Å². The van der Waals surface area contributed by atoms with Crippen LogP contribution in [0, 0.1) is 10.1 Å². The van der Waals surface area contributed by atoms with Crippen LogP contribution in [-0.4, -0.2) is 35.3 Å². The van der Waals surface area contributed by atoms with Crippen molar-refractivity contribution in [3.8, 4) is 34.1 Å². The number of non-ortho nitro benzene ring substituents is 1. The summed E-state index contributed by atoms with van der Waals surface area (Å²) in [5.74, 6) is 0.0637. The van der Waals surface area contributed by atoms with Gasteiger partial charge in [-0.05, 0) is 30.3 Å². The van der Waals surface area contributed by atoms with Crippen LogP contribution in [0.15, 0.2) is 89.9 Å². The molecule has 0 aliphatic carbocycles. The van der Waals surface area contributed by atoms with Crippen LogP contribution in [0.4, 0.5) is 5.69 Å². The van der Waals surface area contributed by atoms with Crippen LogP contribution < -0.4 is 14.8 Å². The standard InChI is InChI=1S/C28H18N6O5S/c1-17(35)39-23-13-6-5-12-22(23)26-29-28-33(31-26)27(36)24(40-28)15-19-16-32(20-9-3-2-4-10-20)30-25(19)18-8-7-11-21(14-18)34(37)38/h2-16H,1H3. The van der Waals surface area contributed by atoms with E-state index in [9.17, 15) is 19.7 Å². The normalized spacial score (nSPS) is 11.7.